The van der Waals surface area contributed by atoms with E-state index in [1.807, 2.05) is 0 Å². The van der Waals surface area contributed by atoms with Crippen molar-refractivity contribution >= 4 is 17.7 Å². The predicted molar refractivity (Wildman–Crippen MR) is 78.8 cm³/mol. The van der Waals surface area contributed by atoms with Crippen LogP contribution >= 0.6 is 0 Å². The summed E-state index contributed by atoms with van der Waals surface area (Å²) in [6.45, 7) is 4.91. The van der Waals surface area contributed by atoms with Gasteiger partial charge in [0.15, 0.2) is 6.10 Å². The number of H-pyrrole nitrogens is 1. The maximum absolute atomic E-state index is 12.4. The van der Waals surface area contributed by atoms with Crippen LogP contribution in [0.25, 0.3) is 0 Å². The van der Waals surface area contributed by atoms with Crippen molar-refractivity contribution in [2.24, 2.45) is 5.92 Å². The van der Waals surface area contributed by atoms with Crippen LogP contribution in [0.1, 0.15) is 58.3 Å². The van der Waals surface area contributed by atoms with Gasteiger partial charge in [0.05, 0.1) is 24.3 Å². The lowest BCUT2D eigenvalue weighted by Crippen LogP contribution is -2.31. The Hall–Kier alpha value is -2.11. The molecule has 1 aromatic rings. The van der Waals surface area contributed by atoms with Crippen molar-refractivity contribution in [1.82, 2.24) is 4.98 Å². The number of ether oxygens (including phenoxy) is 2. The second-order valence-corrected chi connectivity index (χ2v) is 5.69. The summed E-state index contributed by atoms with van der Waals surface area (Å²) in [5, 5.41) is 0. The Bertz CT molecular complexity index is 612. The van der Waals surface area contributed by atoms with Crippen molar-refractivity contribution in [3.8, 4) is 0 Å². The molecule has 1 N–H and O–H groups in total. The van der Waals surface area contributed by atoms with Gasteiger partial charge in [-0.05, 0) is 39.2 Å². The largest absolute Gasteiger partial charge is 0.465 e. The number of rotatable bonds is 5. The zero-order valence-electron chi connectivity index (χ0n) is 13.3. The van der Waals surface area contributed by atoms with Gasteiger partial charge in [-0.15, -0.1) is 0 Å². The number of aromatic amines is 1. The number of esters is 2. The maximum Gasteiger partial charge on any atom is 0.339 e. The lowest BCUT2D eigenvalue weighted by atomic mass is 9.85. The van der Waals surface area contributed by atoms with Gasteiger partial charge < -0.3 is 14.5 Å². The van der Waals surface area contributed by atoms with E-state index in [4.69, 9.17) is 9.47 Å². The van der Waals surface area contributed by atoms with Gasteiger partial charge in [0.1, 0.15) is 0 Å². The fraction of sp³-hybridized carbons (Fsp3) is 0.562. The summed E-state index contributed by atoms with van der Waals surface area (Å²) in [5.41, 5.74) is 1.71. The van der Waals surface area contributed by atoms with Crippen LogP contribution in [0.5, 0.6) is 0 Å². The summed E-state index contributed by atoms with van der Waals surface area (Å²) in [6, 6.07) is 0. The Kier molecular flexibility index (Phi) is 4.68. The zero-order chi connectivity index (χ0) is 16.4. The second-order valence-electron chi connectivity index (χ2n) is 5.69. The second kappa shape index (κ2) is 6.34. The number of Topliss-reactive ketones (excluding diaryl/α,β-unsaturated/α-hetero) is 1. The zero-order valence-corrected chi connectivity index (χ0v) is 13.3. The molecule has 1 heterocycles. The average Bonchev–Trinajstić information content (AvgIpc) is 2.70. The third-order valence-corrected chi connectivity index (χ3v) is 4.17. The molecule has 1 fully saturated rings. The van der Waals surface area contributed by atoms with E-state index in [1.54, 1.807) is 20.8 Å². The van der Waals surface area contributed by atoms with Crippen LogP contribution in [0.4, 0.5) is 0 Å². The summed E-state index contributed by atoms with van der Waals surface area (Å²) in [4.78, 5) is 38.9. The number of carbonyl (C=O) groups excluding carboxylic acids is 3. The highest BCUT2D eigenvalue weighted by Crippen LogP contribution is 2.28. The molecule has 0 bridgehead atoms. The van der Waals surface area contributed by atoms with E-state index < -0.39 is 12.1 Å². The number of carbonyl (C=O) groups is 3. The first kappa shape index (κ1) is 16.3. The SMILES string of the molecule is COC(=O)c1c(C)[nH]c(C(=O)[C@H](C)OC(=O)C2CCC2)c1C. The van der Waals surface area contributed by atoms with E-state index in [0.717, 1.165) is 19.3 Å². The molecule has 0 radical (unpaired) electrons. The molecule has 6 nitrogen and oxygen atoms in total. The number of ketones is 1. The van der Waals surface area contributed by atoms with Gasteiger partial charge in [0.2, 0.25) is 5.78 Å². The van der Waals surface area contributed by atoms with Gasteiger partial charge in [-0.25, -0.2) is 4.79 Å². The molecule has 0 amide bonds. The Labute approximate surface area is 129 Å². The Morgan fingerprint density at radius 2 is 1.86 bits per heavy atom. The van der Waals surface area contributed by atoms with Crippen LogP contribution in [-0.2, 0) is 14.3 Å². The molecule has 0 aromatic carbocycles. The quantitative estimate of drug-likeness (QED) is 0.666. The summed E-state index contributed by atoms with van der Waals surface area (Å²) in [7, 11) is 1.29. The van der Waals surface area contributed by atoms with Gasteiger partial charge in [0, 0.05) is 5.69 Å². The van der Waals surface area contributed by atoms with Crippen LogP contribution in [-0.4, -0.2) is 35.9 Å². The minimum atomic E-state index is -0.879. The Morgan fingerprint density at radius 3 is 2.36 bits per heavy atom. The monoisotopic (exact) mass is 307 g/mol. The lowest BCUT2D eigenvalue weighted by molar-refractivity contribution is -0.154. The molecule has 6 heteroatoms. The van der Waals surface area contributed by atoms with Crippen molar-refractivity contribution in [3.05, 3.63) is 22.5 Å². The van der Waals surface area contributed by atoms with Gasteiger partial charge in [0.25, 0.3) is 0 Å². The molecular formula is C16H21NO5. The maximum atomic E-state index is 12.4. The molecule has 1 atom stereocenters. The molecule has 1 aliphatic carbocycles. The van der Waals surface area contributed by atoms with E-state index in [-0.39, 0.29) is 23.4 Å². The Morgan fingerprint density at radius 1 is 1.23 bits per heavy atom. The number of hydrogen-bond donors (Lipinski definition) is 1. The van der Waals surface area contributed by atoms with Crippen LogP contribution in [0.2, 0.25) is 0 Å². The first-order valence-corrected chi connectivity index (χ1v) is 7.39. The van der Waals surface area contributed by atoms with Gasteiger partial charge >= 0.3 is 11.9 Å². The molecule has 0 aliphatic heterocycles. The highest BCUT2D eigenvalue weighted by atomic mass is 16.5. The molecular weight excluding hydrogens is 286 g/mol. The highest BCUT2D eigenvalue weighted by Gasteiger charge is 2.31. The lowest BCUT2D eigenvalue weighted by Gasteiger charge is -2.24. The van der Waals surface area contributed by atoms with E-state index in [2.05, 4.69) is 4.98 Å². The summed E-state index contributed by atoms with van der Waals surface area (Å²) >= 11 is 0. The normalized spacial score (nSPS) is 15.8. The number of hydrogen-bond acceptors (Lipinski definition) is 5. The van der Waals surface area contributed by atoms with E-state index in [1.165, 1.54) is 7.11 Å². The van der Waals surface area contributed by atoms with Crippen molar-refractivity contribution in [2.45, 2.75) is 46.1 Å². The third-order valence-electron chi connectivity index (χ3n) is 4.17. The average molecular weight is 307 g/mol. The molecule has 0 saturated heterocycles. The molecule has 0 unspecified atom stereocenters. The molecule has 0 spiro atoms. The number of aromatic nitrogens is 1. The number of methoxy groups -OCH3 is 1. The van der Waals surface area contributed by atoms with Crippen molar-refractivity contribution in [2.75, 3.05) is 7.11 Å². The van der Waals surface area contributed by atoms with E-state index in [9.17, 15) is 14.4 Å². The first-order chi connectivity index (χ1) is 10.4. The molecule has 120 valence electrons. The molecule has 22 heavy (non-hydrogen) atoms. The molecule has 1 aromatic heterocycles. The first-order valence-electron chi connectivity index (χ1n) is 7.39. The minimum Gasteiger partial charge on any atom is -0.465 e. The van der Waals surface area contributed by atoms with Crippen molar-refractivity contribution in [1.29, 1.82) is 0 Å². The summed E-state index contributed by atoms with van der Waals surface area (Å²) in [6.07, 6.45) is 1.80. The van der Waals surface area contributed by atoms with Crippen molar-refractivity contribution in [3.63, 3.8) is 0 Å². The highest BCUT2D eigenvalue weighted by molar-refractivity contribution is 6.04. The summed E-state index contributed by atoms with van der Waals surface area (Å²) in [5.74, 6) is -1.23. The number of aryl methyl sites for hydroxylation is 1. The smallest absolute Gasteiger partial charge is 0.339 e. The minimum absolute atomic E-state index is 0.0765. The summed E-state index contributed by atoms with van der Waals surface area (Å²) < 4.78 is 9.95. The van der Waals surface area contributed by atoms with Gasteiger partial charge in [-0.3, -0.25) is 9.59 Å². The molecule has 2 rings (SSSR count). The topological polar surface area (TPSA) is 85.5 Å². The van der Waals surface area contributed by atoms with Crippen LogP contribution in [0, 0.1) is 19.8 Å². The fourth-order valence-corrected chi connectivity index (χ4v) is 2.58. The standard InChI is InChI=1S/C16H21NO5/c1-8-12(16(20)21-4)9(2)17-13(8)14(18)10(3)22-15(19)11-6-5-7-11/h10-11,17H,5-7H2,1-4H3/t10-/m0/s1. The van der Waals surface area contributed by atoms with Crippen LogP contribution < -0.4 is 0 Å². The van der Waals surface area contributed by atoms with E-state index in [0.29, 0.717) is 16.8 Å². The third kappa shape index (κ3) is 2.91. The van der Waals surface area contributed by atoms with Crippen LogP contribution in [0.3, 0.4) is 0 Å². The molecule has 1 saturated carbocycles. The number of nitrogens with one attached hydrogen (secondary N) is 1. The van der Waals surface area contributed by atoms with Crippen molar-refractivity contribution < 1.29 is 23.9 Å². The van der Waals surface area contributed by atoms with Crippen LogP contribution in [0.15, 0.2) is 0 Å². The predicted octanol–water partition coefficient (Wildman–Crippen LogP) is 2.33. The molecule has 1 aliphatic rings. The van der Waals surface area contributed by atoms with Gasteiger partial charge in [-0.2, -0.15) is 0 Å². The fourth-order valence-electron chi connectivity index (χ4n) is 2.58. The Balaban J connectivity index is 2.15. The van der Waals surface area contributed by atoms with E-state index >= 15 is 0 Å². The van der Waals surface area contributed by atoms with Gasteiger partial charge in [-0.1, -0.05) is 6.42 Å².